The lowest BCUT2D eigenvalue weighted by atomic mass is 9.96. The highest BCUT2D eigenvalue weighted by molar-refractivity contribution is 7.98. The Morgan fingerprint density at radius 1 is 0.561 bits per heavy atom. The largest absolute Gasteiger partial charge is 0.481 e. The Balaban J connectivity index is 1.10. The van der Waals surface area contributed by atoms with Crippen LogP contribution in [0.5, 0.6) is 0 Å². The number of aromatic amines is 3. The molecular weight excluding hydrogens is 1500 g/mol. The Morgan fingerprint density at radius 3 is 1.60 bits per heavy atom. The van der Waals surface area contributed by atoms with Gasteiger partial charge in [-0.15, -0.1) is 0 Å². The van der Waals surface area contributed by atoms with Crippen molar-refractivity contribution in [2.45, 2.75) is 198 Å². The molecule has 0 saturated carbocycles. The van der Waals surface area contributed by atoms with E-state index in [2.05, 4.69) is 78.4 Å². The van der Waals surface area contributed by atoms with E-state index < -0.39 is 187 Å². The second-order valence-corrected chi connectivity index (χ2v) is 30.4. The fraction of sp³-hybridized carbons (Fsp3) is 0.500. The molecule has 7 rings (SSSR count). The maximum absolute atomic E-state index is 15.2. The number of fused-ring (bicyclic) bond motifs is 2. The van der Waals surface area contributed by atoms with Crippen LogP contribution in [0.2, 0.25) is 0 Å². The third kappa shape index (κ3) is 26.4. The number of aromatic nitrogens is 4. The maximum atomic E-state index is 15.2. The average molecular weight is 1600 g/mol. The highest BCUT2D eigenvalue weighted by atomic mass is 32.2. The van der Waals surface area contributed by atoms with E-state index in [1.807, 2.05) is 0 Å². The molecule has 20 N–H and O–H groups in total. The van der Waals surface area contributed by atoms with Crippen molar-refractivity contribution < 1.29 is 87.5 Å². The van der Waals surface area contributed by atoms with Crippen molar-refractivity contribution in [2.24, 2.45) is 23.5 Å². The van der Waals surface area contributed by atoms with E-state index in [0.29, 0.717) is 44.4 Å². The van der Waals surface area contributed by atoms with Crippen molar-refractivity contribution in [2.75, 3.05) is 31.7 Å². The fourth-order valence-electron chi connectivity index (χ4n) is 13.3. The summed E-state index contributed by atoms with van der Waals surface area (Å²) < 4.78 is 0. The first kappa shape index (κ1) is 90.0. The van der Waals surface area contributed by atoms with E-state index in [1.165, 1.54) is 24.3 Å². The number of nitrogens with zero attached hydrogens (tertiary/aromatic N) is 2. The molecule has 1 aliphatic rings. The first-order valence-corrected chi connectivity index (χ1v) is 39.4. The molecule has 114 heavy (non-hydrogen) atoms. The van der Waals surface area contributed by atoms with Crippen molar-refractivity contribution in [1.29, 1.82) is 0 Å². The van der Waals surface area contributed by atoms with Gasteiger partial charge in [0.1, 0.15) is 60.4 Å². The van der Waals surface area contributed by atoms with Crippen LogP contribution in [0.15, 0.2) is 104 Å². The van der Waals surface area contributed by atoms with Crippen LogP contribution in [0, 0.1) is 17.8 Å². The highest BCUT2D eigenvalue weighted by Gasteiger charge is 2.42. The number of imidazole rings is 1. The van der Waals surface area contributed by atoms with Crippen molar-refractivity contribution >= 4 is 116 Å². The number of carbonyl (C=O) groups is 14. The molecular formula is C78H107N17O18S. The minimum Gasteiger partial charge on any atom is -0.481 e. The SMILES string of the molecule is CC[C@H](C)[C@H](NC(=O)[C@H](CC(=O)O)NC(=O)[C@H](CCSC)NC(=O)[C@@H](N)Cc1ccccc1)C(=O)N[C@@H](Cc1c[nH]c2ccccc12)C(=O)N[C@@H](CO)C(=O)N1CCC[C@H]1C(=O)N[C@@H](Cc1c[nH]c2ccccc12)C(=O)N[C@@H](Cc1cnc[nH]1)C(=O)N[C@@H](CC(C)C)C(=O)N[C@@H](CC(C)C)C(=O)NCC(=O)N[C@H](C(=O)O)[C@@H](C)O. The molecule has 14 atom stereocenters. The Labute approximate surface area is 663 Å². The summed E-state index contributed by atoms with van der Waals surface area (Å²) in [5.74, 6) is -14.6. The standard InChI is InChI=1S/C78H107N17O18S/c1-9-43(6)65(94-74(108)60(34-64(99)100)89-69(103)54(25-27-114-8)85-67(101)51(79)30-45-18-11-10-12-19-45)76(110)91-58(32-47-36-82-53-23-16-14-21-50(47)53)72(106)92-61(39-96)77(111)95-26-17-24-62(95)75(109)90-57(31-46-35-81-52-22-15-13-20-49(46)52)71(105)88-59(33-48-37-80-40-84-48)73(107)87-56(29-42(4)5)70(104)86-55(28-41(2)3)68(102)83-38-63(98)93-66(44(7)97)78(112)113/h10-16,18-23,35-37,40-44,51,54-62,65-66,81-82,96-97H,9,17,24-34,38-39,79H2,1-8H3,(H,80,84)(H,83,102)(H,85,101)(H,86,104)(H,87,107)(H,88,105)(H,89,103)(H,90,109)(H,91,110)(H,92,106)(H,93,98)(H,94,108)(H,99,100)(H,112,113)/t43-,44+,51-,54-,55-,56-,57-,58-,59-,60-,61-,62-,65-,66-/m0/s1. The normalized spacial score (nSPS) is 16.2. The molecule has 35 nitrogen and oxygen atoms in total. The van der Waals surface area contributed by atoms with E-state index in [1.54, 1.807) is 139 Å². The number of aliphatic hydroxyl groups excluding tert-OH is 2. The summed E-state index contributed by atoms with van der Waals surface area (Å²) in [5.41, 5.74) is 9.78. The first-order chi connectivity index (χ1) is 54.3. The lowest BCUT2D eigenvalue weighted by molar-refractivity contribution is -0.144. The van der Waals surface area contributed by atoms with Gasteiger partial charge < -0.3 is 104 Å². The smallest absolute Gasteiger partial charge is 0.328 e. The summed E-state index contributed by atoms with van der Waals surface area (Å²) in [7, 11) is 0. The number of rotatable bonds is 45. The van der Waals surface area contributed by atoms with Crippen LogP contribution < -0.4 is 64.2 Å². The molecule has 0 unspecified atom stereocenters. The van der Waals surface area contributed by atoms with Crippen LogP contribution in [0.25, 0.3) is 21.8 Å². The number of carbonyl (C=O) groups excluding carboxylic acids is 12. The van der Waals surface area contributed by atoms with Crippen LogP contribution in [-0.4, -0.2) is 238 Å². The van der Waals surface area contributed by atoms with E-state index in [4.69, 9.17) is 5.73 Å². The molecule has 3 aromatic heterocycles. The van der Waals surface area contributed by atoms with E-state index in [0.717, 1.165) is 17.4 Å². The molecule has 36 heteroatoms. The predicted molar refractivity (Wildman–Crippen MR) is 421 cm³/mol. The number of thioether (sulfide) groups is 1. The maximum Gasteiger partial charge on any atom is 0.328 e. The van der Waals surface area contributed by atoms with Gasteiger partial charge in [0, 0.05) is 71.9 Å². The third-order valence-corrected chi connectivity index (χ3v) is 20.2. The molecule has 1 saturated heterocycles. The first-order valence-electron chi connectivity index (χ1n) is 38.0. The highest BCUT2D eigenvalue weighted by Crippen LogP contribution is 2.25. The molecule has 4 heterocycles. The van der Waals surface area contributed by atoms with Crippen LogP contribution in [0.1, 0.15) is 116 Å². The van der Waals surface area contributed by atoms with Gasteiger partial charge in [0.25, 0.3) is 0 Å². The van der Waals surface area contributed by atoms with Crippen LogP contribution in [-0.2, 0) is 92.8 Å². The van der Waals surface area contributed by atoms with E-state index in [9.17, 15) is 78.0 Å². The second-order valence-electron chi connectivity index (χ2n) is 29.4. The van der Waals surface area contributed by atoms with Gasteiger partial charge in [-0.1, -0.05) is 115 Å². The van der Waals surface area contributed by atoms with Gasteiger partial charge in [0.15, 0.2) is 6.04 Å². The van der Waals surface area contributed by atoms with E-state index >= 15 is 9.59 Å². The number of amides is 12. The van der Waals surface area contributed by atoms with Gasteiger partial charge in [-0.2, -0.15) is 11.8 Å². The summed E-state index contributed by atoms with van der Waals surface area (Å²) in [6.45, 7) is 9.77. The number of aliphatic hydroxyl groups is 2. The minimum atomic E-state index is -1.80. The molecule has 3 aromatic carbocycles. The Hall–Kier alpha value is -11.2. The van der Waals surface area contributed by atoms with Gasteiger partial charge in [0.05, 0.1) is 38.0 Å². The number of likely N-dealkylation sites (tertiary alicyclic amines) is 1. The Kier molecular flexibility index (Phi) is 34.5. The zero-order valence-electron chi connectivity index (χ0n) is 65.0. The zero-order chi connectivity index (χ0) is 83.5. The number of hydrogen-bond acceptors (Lipinski definition) is 19. The molecule has 12 amide bonds. The van der Waals surface area contributed by atoms with Gasteiger partial charge in [-0.25, -0.2) is 9.78 Å². The third-order valence-electron chi connectivity index (χ3n) is 19.6. The van der Waals surface area contributed by atoms with Crippen LogP contribution in [0.4, 0.5) is 0 Å². The monoisotopic (exact) mass is 1600 g/mol. The molecule has 0 spiro atoms. The number of H-pyrrole nitrogens is 3. The lowest BCUT2D eigenvalue weighted by Gasteiger charge is -2.31. The fourth-order valence-corrected chi connectivity index (χ4v) is 13.7. The second kappa shape index (κ2) is 43.7. The number of carboxylic acid groups (broad SMARTS) is 2. The Morgan fingerprint density at radius 2 is 1.06 bits per heavy atom. The molecule has 0 radical (unpaired) electrons. The number of carboxylic acids is 2. The van der Waals surface area contributed by atoms with Crippen molar-refractivity contribution in [1.82, 2.24) is 83.3 Å². The van der Waals surface area contributed by atoms with Gasteiger partial charge in [-0.05, 0) is 104 Å². The van der Waals surface area contributed by atoms with Crippen LogP contribution >= 0.6 is 11.8 Å². The van der Waals surface area contributed by atoms with Crippen molar-refractivity contribution in [3.8, 4) is 0 Å². The van der Waals surface area contributed by atoms with Gasteiger partial charge in [-0.3, -0.25) is 62.3 Å². The summed E-state index contributed by atoms with van der Waals surface area (Å²) in [5, 5.41) is 70.3. The topological polar surface area (TPSA) is 542 Å². The number of hydrogen-bond donors (Lipinski definition) is 19. The number of aliphatic carboxylic acids is 2. The summed E-state index contributed by atoms with van der Waals surface area (Å²) in [6, 6.07) is 5.48. The quantitative estimate of drug-likeness (QED) is 0.0234. The molecule has 0 bridgehead atoms. The Bertz CT molecular complexity index is 4310. The number of para-hydroxylation sites is 2. The van der Waals surface area contributed by atoms with Crippen LogP contribution in [0.3, 0.4) is 0 Å². The van der Waals surface area contributed by atoms with E-state index in [-0.39, 0.29) is 82.6 Å². The zero-order valence-corrected chi connectivity index (χ0v) is 65.9. The average Bonchev–Trinajstić information content (AvgIpc) is 1.62. The molecule has 618 valence electrons. The molecule has 0 aliphatic carbocycles. The number of nitrogens with one attached hydrogen (secondary N) is 14. The number of nitrogens with two attached hydrogens (primary N) is 1. The minimum absolute atomic E-state index is 0.0120. The van der Waals surface area contributed by atoms with Crippen molar-refractivity contribution in [3.05, 3.63) is 126 Å². The predicted octanol–water partition coefficient (Wildman–Crippen LogP) is -0.251. The summed E-state index contributed by atoms with van der Waals surface area (Å²) in [4.78, 5) is 211. The molecule has 6 aromatic rings. The summed E-state index contributed by atoms with van der Waals surface area (Å²) >= 11 is 1.36. The lowest BCUT2D eigenvalue weighted by Crippen LogP contribution is -2.62. The molecule has 1 aliphatic heterocycles. The van der Waals surface area contributed by atoms with Gasteiger partial charge in [0.2, 0.25) is 70.9 Å². The summed E-state index contributed by atoms with van der Waals surface area (Å²) in [6.07, 6.45) is 5.39. The molecule has 1 fully saturated rings. The van der Waals surface area contributed by atoms with Crippen molar-refractivity contribution in [3.63, 3.8) is 0 Å². The van der Waals surface area contributed by atoms with Gasteiger partial charge >= 0.3 is 11.9 Å². The number of benzene rings is 3.